The van der Waals surface area contributed by atoms with E-state index in [1.54, 1.807) is 6.92 Å². The highest BCUT2D eigenvalue weighted by atomic mass is 17.2. The highest BCUT2D eigenvalue weighted by Crippen LogP contribution is 2.44. The van der Waals surface area contributed by atoms with Crippen molar-refractivity contribution in [3.63, 3.8) is 0 Å². The van der Waals surface area contributed by atoms with E-state index in [1.165, 1.54) is 0 Å². The lowest BCUT2D eigenvalue weighted by atomic mass is 9.84. The Morgan fingerprint density at radius 2 is 1.94 bits per heavy atom. The largest absolute Gasteiger partial charge is 0.481 e. The van der Waals surface area contributed by atoms with E-state index in [0.717, 1.165) is 5.56 Å². The van der Waals surface area contributed by atoms with Gasteiger partial charge in [0.15, 0.2) is 0 Å². The molecule has 2 rings (SSSR count). The molecular formula is C13H16O4. The third kappa shape index (κ3) is 2.48. The highest BCUT2D eigenvalue weighted by Gasteiger charge is 2.48. The predicted molar refractivity (Wildman–Crippen MR) is 61.2 cm³/mol. The maximum absolute atomic E-state index is 10.8. The van der Waals surface area contributed by atoms with Crippen LogP contribution in [0.5, 0.6) is 0 Å². The molecule has 1 saturated heterocycles. The number of carboxylic acid groups (broad SMARTS) is 1. The Labute approximate surface area is 100 Å². The Hall–Kier alpha value is -1.39. The van der Waals surface area contributed by atoms with Crippen LogP contribution >= 0.6 is 0 Å². The lowest BCUT2D eigenvalue weighted by Crippen LogP contribution is -2.29. The minimum atomic E-state index is -0.881. The Bertz CT molecular complexity index is 417. The van der Waals surface area contributed by atoms with Gasteiger partial charge in [0.2, 0.25) is 0 Å². The molecule has 0 aromatic heterocycles. The molecule has 1 aromatic rings. The van der Waals surface area contributed by atoms with Crippen molar-refractivity contribution >= 4 is 5.97 Å². The number of carboxylic acids is 1. The quantitative estimate of drug-likeness (QED) is 0.819. The van der Waals surface area contributed by atoms with Gasteiger partial charge in [-0.25, -0.2) is 9.78 Å². The van der Waals surface area contributed by atoms with Gasteiger partial charge in [-0.2, -0.15) is 0 Å². The van der Waals surface area contributed by atoms with E-state index in [0.29, 0.717) is 6.42 Å². The standard InChI is InChI=1S/C13H16O4/c1-12(8-11(14)15)9-13(2,17-16-12)10-6-4-3-5-7-10/h3-7H,8-9H2,1-2H3,(H,14,15)/t12-,13-/m0/s1. The monoisotopic (exact) mass is 236 g/mol. The summed E-state index contributed by atoms with van der Waals surface area (Å²) in [6.07, 6.45) is 0.464. The van der Waals surface area contributed by atoms with E-state index in [1.807, 2.05) is 37.3 Å². The molecular weight excluding hydrogens is 220 g/mol. The summed E-state index contributed by atoms with van der Waals surface area (Å²) in [7, 11) is 0. The third-order valence-corrected chi connectivity index (χ3v) is 3.05. The Morgan fingerprint density at radius 1 is 1.29 bits per heavy atom. The summed E-state index contributed by atoms with van der Waals surface area (Å²) in [6.45, 7) is 3.67. The number of aliphatic carboxylic acids is 1. The van der Waals surface area contributed by atoms with Gasteiger partial charge < -0.3 is 5.11 Å². The van der Waals surface area contributed by atoms with Gasteiger partial charge in [0.1, 0.15) is 11.2 Å². The van der Waals surface area contributed by atoms with Crippen LogP contribution in [0.1, 0.15) is 32.3 Å². The fourth-order valence-electron chi connectivity index (χ4n) is 2.32. The van der Waals surface area contributed by atoms with Crippen molar-refractivity contribution in [2.24, 2.45) is 0 Å². The molecule has 0 aliphatic carbocycles. The van der Waals surface area contributed by atoms with Crippen molar-refractivity contribution in [3.05, 3.63) is 35.9 Å². The minimum absolute atomic E-state index is 0.0601. The number of hydrogen-bond acceptors (Lipinski definition) is 3. The molecule has 1 aliphatic rings. The zero-order valence-corrected chi connectivity index (χ0v) is 9.97. The normalized spacial score (nSPS) is 32.6. The van der Waals surface area contributed by atoms with Crippen molar-refractivity contribution in [1.29, 1.82) is 0 Å². The van der Waals surface area contributed by atoms with Gasteiger partial charge in [0.25, 0.3) is 0 Å². The summed E-state index contributed by atoms with van der Waals surface area (Å²) in [4.78, 5) is 21.4. The van der Waals surface area contributed by atoms with E-state index in [9.17, 15) is 4.79 Å². The van der Waals surface area contributed by atoms with Crippen LogP contribution in [0.25, 0.3) is 0 Å². The van der Waals surface area contributed by atoms with Crippen LogP contribution in [-0.4, -0.2) is 16.7 Å². The first-order chi connectivity index (χ1) is 7.94. The molecule has 0 saturated carbocycles. The SMILES string of the molecule is C[C@]1(CC(=O)O)C[C@@](C)(c2ccccc2)OO1. The van der Waals surface area contributed by atoms with Gasteiger partial charge in [-0.3, -0.25) is 4.79 Å². The lowest BCUT2D eigenvalue weighted by Gasteiger charge is -2.22. The van der Waals surface area contributed by atoms with Crippen LogP contribution in [0, 0.1) is 0 Å². The Morgan fingerprint density at radius 3 is 2.53 bits per heavy atom. The number of benzene rings is 1. The highest BCUT2D eigenvalue weighted by molar-refractivity contribution is 5.68. The molecule has 1 heterocycles. The summed E-state index contributed by atoms with van der Waals surface area (Å²) in [5, 5.41) is 8.84. The molecule has 92 valence electrons. The van der Waals surface area contributed by atoms with E-state index >= 15 is 0 Å². The first-order valence-corrected chi connectivity index (χ1v) is 5.58. The van der Waals surface area contributed by atoms with E-state index in [4.69, 9.17) is 14.9 Å². The molecule has 0 amide bonds. The van der Waals surface area contributed by atoms with Crippen molar-refractivity contribution < 1.29 is 19.7 Å². The molecule has 1 aromatic carbocycles. The molecule has 1 aliphatic heterocycles. The molecule has 1 N–H and O–H groups in total. The molecule has 0 spiro atoms. The van der Waals surface area contributed by atoms with Gasteiger partial charge in [-0.15, -0.1) is 0 Å². The van der Waals surface area contributed by atoms with Crippen molar-refractivity contribution in [3.8, 4) is 0 Å². The summed E-state index contributed by atoms with van der Waals surface area (Å²) in [5.41, 5.74) is -0.351. The summed E-state index contributed by atoms with van der Waals surface area (Å²) >= 11 is 0. The second-order valence-electron chi connectivity index (χ2n) is 4.96. The van der Waals surface area contributed by atoms with Crippen LogP contribution in [0.3, 0.4) is 0 Å². The fourth-order valence-corrected chi connectivity index (χ4v) is 2.32. The molecule has 4 heteroatoms. The van der Waals surface area contributed by atoms with Crippen molar-refractivity contribution in [2.75, 3.05) is 0 Å². The van der Waals surface area contributed by atoms with Crippen LogP contribution in [0.2, 0.25) is 0 Å². The van der Waals surface area contributed by atoms with Gasteiger partial charge in [-0.05, 0) is 19.4 Å². The third-order valence-electron chi connectivity index (χ3n) is 3.05. The maximum atomic E-state index is 10.8. The average molecular weight is 236 g/mol. The van der Waals surface area contributed by atoms with E-state index in [-0.39, 0.29) is 6.42 Å². The summed E-state index contributed by atoms with van der Waals surface area (Å²) < 4.78 is 0. The average Bonchev–Trinajstić information content (AvgIpc) is 2.56. The molecule has 2 atom stereocenters. The molecule has 17 heavy (non-hydrogen) atoms. The smallest absolute Gasteiger partial charge is 0.306 e. The van der Waals surface area contributed by atoms with Gasteiger partial charge in [0, 0.05) is 6.42 Å². The van der Waals surface area contributed by atoms with Crippen LogP contribution in [0.15, 0.2) is 30.3 Å². The number of carbonyl (C=O) groups is 1. The first kappa shape index (κ1) is 12.1. The zero-order valence-electron chi connectivity index (χ0n) is 9.97. The zero-order chi connectivity index (χ0) is 12.5. The topological polar surface area (TPSA) is 55.8 Å². The Balaban J connectivity index is 2.18. The second-order valence-corrected chi connectivity index (χ2v) is 4.96. The fraction of sp³-hybridized carbons (Fsp3) is 0.462. The van der Waals surface area contributed by atoms with Crippen LogP contribution < -0.4 is 0 Å². The minimum Gasteiger partial charge on any atom is -0.481 e. The van der Waals surface area contributed by atoms with Crippen LogP contribution in [-0.2, 0) is 20.2 Å². The molecule has 0 radical (unpaired) electrons. The van der Waals surface area contributed by atoms with Gasteiger partial charge in [-0.1, -0.05) is 30.3 Å². The summed E-state index contributed by atoms with van der Waals surface area (Å²) in [6, 6.07) is 9.69. The first-order valence-electron chi connectivity index (χ1n) is 5.58. The number of rotatable bonds is 3. The maximum Gasteiger partial charge on any atom is 0.306 e. The molecule has 0 bridgehead atoms. The van der Waals surface area contributed by atoms with E-state index < -0.39 is 17.2 Å². The lowest BCUT2D eigenvalue weighted by molar-refractivity contribution is -0.347. The van der Waals surface area contributed by atoms with Crippen molar-refractivity contribution in [1.82, 2.24) is 0 Å². The van der Waals surface area contributed by atoms with Crippen molar-refractivity contribution in [2.45, 2.75) is 37.9 Å². The number of hydrogen-bond donors (Lipinski definition) is 1. The Kier molecular flexibility index (Phi) is 2.93. The van der Waals surface area contributed by atoms with Gasteiger partial charge >= 0.3 is 5.97 Å². The summed E-state index contributed by atoms with van der Waals surface area (Å²) in [5.74, 6) is -0.881. The van der Waals surface area contributed by atoms with E-state index in [2.05, 4.69) is 0 Å². The molecule has 1 fully saturated rings. The second kappa shape index (κ2) is 4.13. The molecule has 0 unspecified atom stereocenters. The van der Waals surface area contributed by atoms with Crippen LogP contribution in [0.4, 0.5) is 0 Å². The van der Waals surface area contributed by atoms with Gasteiger partial charge in [0.05, 0.1) is 6.42 Å². The predicted octanol–water partition coefficient (Wildman–Crippen LogP) is 2.49. The molecule has 4 nitrogen and oxygen atoms in total.